The molecule has 8 nitrogen and oxygen atoms in total. The highest BCUT2D eigenvalue weighted by molar-refractivity contribution is 14.0. The van der Waals surface area contributed by atoms with Gasteiger partial charge in [0.1, 0.15) is 6.26 Å². The minimum atomic E-state index is 0. The number of carbonyl (C=O) groups excluding carboxylic acids is 1. The van der Waals surface area contributed by atoms with Crippen molar-refractivity contribution in [2.75, 3.05) is 46.3 Å². The number of guanidine groups is 1. The molecule has 1 aromatic heterocycles. The lowest BCUT2D eigenvalue weighted by Crippen LogP contribution is -2.50. The van der Waals surface area contributed by atoms with Gasteiger partial charge in [0.2, 0.25) is 11.8 Å². The zero-order valence-electron chi connectivity index (χ0n) is 16.9. The van der Waals surface area contributed by atoms with Crippen LogP contribution in [0.5, 0.6) is 0 Å². The predicted octanol–water partition coefficient (Wildman–Crippen LogP) is 1.79. The molecule has 0 bridgehead atoms. The van der Waals surface area contributed by atoms with E-state index in [0.29, 0.717) is 12.4 Å². The summed E-state index contributed by atoms with van der Waals surface area (Å²) in [7, 11) is 1.75. The topological polar surface area (TPSA) is 86.0 Å². The van der Waals surface area contributed by atoms with Crippen molar-refractivity contribution in [3.05, 3.63) is 42.3 Å². The lowest BCUT2D eigenvalue weighted by molar-refractivity contribution is -0.130. The number of carbonyl (C=O) groups is 1. The van der Waals surface area contributed by atoms with Crippen molar-refractivity contribution < 1.29 is 9.21 Å². The Labute approximate surface area is 188 Å². The highest BCUT2D eigenvalue weighted by atomic mass is 127. The van der Waals surface area contributed by atoms with Crippen LogP contribution in [-0.4, -0.2) is 73.0 Å². The van der Waals surface area contributed by atoms with E-state index in [1.807, 2.05) is 35.2 Å². The standard InChI is InChI=1S/C20H28N6O2.HI/c1-16(27)26-12-10-25(11-13-26)9-8-22-20(21-2)23-14-18-15-28-19(24-18)17-6-4-3-5-7-17;/h3-7,15H,8-14H2,1-2H3,(H2,21,22,23);1H. The highest BCUT2D eigenvalue weighted by Crippen LogP contribution is 2.17. The minimum absolute atomic E-state index is 0. The van der Waals surface area contributed by atoms with E-state index in [-0.39, 0.29) is 29.9 Å². The zero-order chi connectivity index (χ0) is 19.8. The molecular weight excluding hydrogens is 483 g/mol. The van der Waals surface area contributed by atoms with Gasteiger partial charge in [-0.3, -0.25) is 14.7 Å². The molecule has 2 heterocycles. The van der Waals surface area contributed by atoms with E-state index < -0.39 is 0 Å². The number of rotatable bonds is 6. The minimum Gasteiger partial charge on any atom is -0.444 e. The zero-order valence-corrected chi connectivity index (χ0v) is 19.3. The van der Waals surface area contributed by atoms with Crippen molar-refractivity contribution in [3.63, 3.8) is 0 Å². The molecular formula is C20H29IN6O2. The third kappa shape index (κ3) is 7.00. The Balaban J connectivity index is 0.00000300. The Morgan fingerprint density at radius 1 is 1.17 bits per heavy atom. The van der Waals surface area contributed by atoms with Crippen LogP contribution >= 0.6 is 24.0 Å². The Bertz CT molecular complexity index is 787. The maximum Gasteiger partial charge on any atom is 0.226 e. The van der Waals surface area contributed by atoms with Crippen LogP contribution in [0.4, 0.5) is 0 Å². The molecule has 1 fully saturated rings. The van der Waals surface area contributed by atoms with E-state index in [2.05, 4.69) is 25.5 Å². The summed E-state index contributed by atoms with van der Waals surface area (Å²) in [4.78, 5) is 24.4. The van der Waals surface area contributed by atoms with Gasteiger partial charge < -0.3 is 20.0 Å². The van der Waals surface area contributed by atoms with E-state index in [4.69, 9.17) is 4.42 Å². The highest BCUT2D eigenvalue weighted by Gasteiger charge is 2.18. The maximum absolute atomic E-state index is 11.4. The number of halogens is 1. The molecule has 0 radical (unpaired) electrons. The van der Waals surface area contributed by atoms with Crippen molar-refractivity contribution in [2.24, 2.45) is 4.99 Å². The van der Waals surface area contributed by atoms with Crippen LogP contribution in [0, 0.1) is 0 Å². The molecule has 2 aromatic rings. The van der Waals surface area contributed by atoms with Crippen LogP contribution in [0.15, 0.2) is 46.0 Å². The van der Waals surface area contributed by atoms with Crippen molar-refractivity contribution in [3.8, 4) is 11.5 Å². The first kappa shape index (κ1) is 23.1. The fourth-order valence-corrected chi connectivity index (χ4v) is 3.12. The fraction of sp³-hybridized carbons (Fsp3) is 0.450. The van der Waals surface area contributed by atoms with E-state index in [1.54, 1.807) is 20.2 Å². The predicted molar refractivity (Wildman–Crippen MR) is 124 cm³/mol. The van der Waals surface area contributed by atoms with Crippen LogP contribution in [0.2, 0.25) is 0 Å². The Morgan fingerprint density at radius 2 is 1.90 bits per heavy atom. The number of aromatic nitrogens is 1. The first-order chi connectivity index (χ1) is 13.7. The van der Waals surface area contributed by atoms with Crippen molar-refractivity contribution in [1.29, 1.82) is 0 Å². The molecule has 158 valence electrons. The van der Waals surface area contributed by atoms with Gasteiger partial charge in [0.05, 0.1) is 12.2 Å². The van der Waals surface area contributed by atoms with E-state index >= 15 is 0 Å². The van der Waals surface area contributed by atoms with Gasteiger partial charge in [-0.25, -0.2) is 4.98 Å². The molecule has 1 saturated heterocycles. The third-order valence-electron chi connectivity index (χ3n) is 4.77. The summed E-state index contributed by atoms with van der Waals surface area (Å²) in [6.45, 7) is 7.29. The number of nitrogens with one attached hydrogen (secondary N) is 2. The van der Waals surface area contributed by atoms with Crippen LogP contribution in [-0.2, 0) is 11.3 Å². The second-order valence-corrected chi connectivity index (χ2v) is 6.71. The Morgan fingerprint density at radius 3 is 2.55 bits per heavy atom. The number of oxazole rings is 1. The van der Waals surface area contributed by atoms with Gasteiger partial charge in [0.15, 0.2) is 5.96 Å². The van der Waals surface area contributed by atoms with Gasteiger partial charge >= 0.3 is 0 Å². The molecule has 1 aliphatic heterocycles. The molecule has 29 heavy (non-hydrogen) atoms. The molecule has 0 unspecified atom stereocenters. The van der Waals surface area contributed by atoms with E-state index in [9.17, 15) is 4.79 Å². The second kappa shape index (κ2) is 11.8. The summed E-state index contributed by atoms with van der Waals surface area (Å²) in [6.07, 6.45) is 1.66. The molecule has 1 aliphatic rings. The lowest BCUT2D eigenvalue weighted by atomic mass is 10.2. The van der Waals surface area contributed by atoms with Gasteiger partial charge in [-0.05, 0) is 12.1 Å². The average molecular weight is 512 g/mol. The third-order valence-corrected chi connectivity index (χ3v) is 4.77. The van der Waals surface area contributed by atoms with Gasteiger partial charge in [-0.15, -0.1) is 24.0 Å². The molecule has 1 aromatic carbocycles. The summed E-state index contributed by atoms with van der Waals surface area (Å²) < 4.78 is 5.56. The monoisotopic (exact) mass is 512 g/mol. The van der Waals surface area contributed by atoms with Gasteiger partial charge in [-0.2, -0.15) is 0 Å². The summed E-state index contributed by atoms with van der Waals surface area (Å²) in [5, 5.41) is 6.57. The summed E-state index contributed by atoms with van der Waals surface area (Å²) in [5.74, 6) is 1.50. The summed E-state index contributed by atoms with van der Waals surface area (Å²) in [6, 6.07) is 9.83. The number of amides is 1. The molecule has 3 rings (SSSR count). The van der Waals surface area contributed by atoms with Crippen LogP contribution in [0.3, 0.4) is 0 Å². The number of hydrogen-bond donors (Lipinski definition) is 2. The average Bonchev–Trinajstić information content (AvgIpc) is 3.20. The quantitative estimate of drug-likeness (QED) is 0.349. The van der Waals surface area contributed by atoms with E-state index in [0.717, 1.165) is 56.5 Å². The SMILES string of the molecule is CN=C(NCCN1CCN(C(C)=O)CC1)NCc1coc(-c2ccccc2)n1.I. The first-order valence-electron chi connectivity index (χ1n) is 9.58. The van der Waals surface area contributed by atoms with Crippen LogP contribution < -0.4 is 10.6 Å². The normalized spacial score (nSPS) is 15.0. The number of aliphatic imine (C=N–C) groups is 1. The Kier molecular flexibility index (Phi) is 9.39. The van der Waals surface area contributed by atoms with Crippen molar-refractivity contribution >= 4 is 35.8 Å². The maximum atomic E-state index is 11.4. The molecule has 1 amide bonds. The molecule has 9 heteroatoms. The molecule has 0 aliphatic carbocycles. The molecule has 0 atom stereocenters. The number of hydrogen-bond acceptors (Lipinski definition) is 5. The Hall–Kier alpha value is -2.14. The largest absolute Gasteiger partial charge is 0.444 e. The number of benzene rings is 1. The summed E-state index contributed by atoms with van der Waals surface area (Å²) in [5.41, 5.74) is 1.78. The lowest BCUT2D eigenvalue weighted by Gasteiger charge is -2.34. The van der Waals surface area contributed by atoms with Gasteiger partial charge in [0, 0.05) is 58.8 Å². The first-order valence-corrected chi connectivity index (χ1v) is 9.58. The van der Waals surface area contributed by atoms with Gasteiger partial charge in [-0.1, -0.05) is 18.2 Å². The molecule has 2 N–H and O–H groups in total. The number of nitrogens with zero attached hydrogens (tertiary/aromatic N) is 4. The van der Waals surface area contributed by atoms with Crippen molar-refractivity contribution in [1.82, 2.24) is 25.4 Å². The summed E-state index contributed by atoms with van der Waals surface area (Å²) >= 11 is 0. The smallest absolute Gasteiger partial charge is 0.226 e. The molecule has 0 saturated carbocycles. The van der Waals surface area contributed by atoms with E-state index in [1.165, 1.54) is 0 Å². The van der Waals surface area contributed by atoms with Crippen LogP contribution in [0.25, 0.3) is 11.5 Å². The van der Waals surface area contributed by atoms with Crippen molar-refractivity contribution in [2.45, 2.75) is 13.5 Å². The van der Waals surface area contributed by atoms with Crippen LogP contribution in [0.1, 0.15) is 12.6 Å². The fourth-order valence-electron chi connectivity index (χ4n) is 3.12. The van der Waals surface area contributed by atoms with Gasteiger partial charge in [0.25, 0.3) is 0 Å². The number of piperazine rings is 1. The molecule has 0 spiro atoms. The second-order valence-electron chi connectivity index (χ2n) is 6.71.